The average molecular weight is 366 g/mol. The van der Waals surface area contributed by atoms with E-state index >= 15 is 0 Å². The van der Waals surface area contributed by atoms with Gasteiger partial charge < -0.3 is 10.3 Å². The number of nitriles is 1. The van der Waals surface area contributed by atoms with E-state index in [-0.39, 0.29) is 11.9 Å². The van der Waals surface area contributed by atoms with Crippen molar-refractivity contribution in [3.63, 3.8) is 0 Å². The van der Waals surface area contributed by atoms with Gasteiger partial charge in [-0.05, 0) is 75.2 Å². The Balaban J connectivity index is 1.40. The van der Waals surface area contributed by atoms with Crippen LogP contribution in [0.1, 0.15) is 35.8 Å². The van der Waals surface area contributed by atoms with E-state index in [0.717, 1.165) is 23.0 Å². The average Bonchev–Trinajstić information content (AvgIpc) is 3.13. The highest BCUT2D eigenvalue weighted by atomic mass is 32.2. The van der Waals surface area contributed by atoms with E-state index in [1.54, 1.807) is 17.8 Å². The van der Waals surface area contributed by atoms with Gasteiger partial charge in [0.25, 0.3) is 5.91 Å². The molecule has 26 heavy (non-hydrogen) atoms. The fourth-order valence-corrected chi connectivity index (χ4v) is 4.90. The van der Waals surface area contributed by atoms with Crippen molar-refractivity contribution in [2.24, 2.45) is 5.92 Å². The number of carbonyl (C=O) groups excluding carboxylic acids is 1. The Labute approximate surface area is 157 Å². The van der Waals surface area contributed by atoms with Crippen molar-refractivity contribution >= 4 is 17.7 Å². The molecule has 2 atom stereocenters. The fourth-order valence-electron chi connectivity index (χ4n) is 4.08. The van der Waals surface area contributed by atoms with Gasteiger partial charge in [0.2, 0.25) is 0 Å². The highest BCUT2D eigenvalue weighted by Gasteiger charge is 2.40. The standard InChI is InChI=1S/C20H22N4OS/c1-13-19(14-8-10-24(13)11-9-14)23-20(25)15-2-5-17(6-3-15)26-18-7-4-16(12-21)22-18/h2-7,13-14,19,22H,8-11H2,1H3,(H,23,25)/t13?,19-/m0/s1. The van der Waals surface area contributed by atoms with Crippen molar-refractivity contribution < 1.29 is 4.79 Å². The van der Waals surface area contributed by atoms with Gasteiger partial charge >= 0.3 is 0 Å². The third-order valence-corrected chi connectivity index (χ3v) is 6.57. The number of aromatic nitrogens is 1. The molecule has 0 saturated carbocycles. The molecule has 2 aromatic rings. The number of nitrogens with one attached hydrogen (secondary N) is 2. The van der Waals surface area contributed by atoms with Crippen LogP contribution in [-0.2, 0) is 0 Å². The van der Waals surface area contributed by atoms with Crippen LogP contribution in [-0.4, -0.2) is 41.0 Å². The van der Waals surface area contributed by atoms with E-state index in [2.05, 4.69) is 28.2 Å². The number of benzene rings is 1. The van der Waals surface area contributed by atoms with Gasteiger partial charge in [-0.3, -0.25) is 9.69 Å². The normalized spacial score (nSPS) is 27.1. The molecular weight excluding hydrogens is 344 g/mol. The summed E-state index contributed by atoms with van der Waals surface area (Å²) in [7, 11) is 0. The first-order valence-corrected chi connectivity index (χ1v) is 9.87. The van der Waals surface area contributed by atoms with Gasteiger partial charge in [0, 0.05) is 22.5 Å². The largest absolute Gasteiger partial charge is 0.347 e. The molecule has 6 heteroatoms. The van der Waals surface area contributed by atoms with Gasteiger partial charge in [0.15, 0.2) is 0 Å². The number of piperidine rings is 3. The third-order valence-electron chi connectivity index (χ3n) is 5.60. The molecule has 5 nitrogen and oxygen atoms in total. The minimum atomic E-state index is 0.0128. The molecular formula is C20H22N4OS. The van der Waals surface area contributed by atoms with E-state index < -0.39 is 0 Å². The SMILES string of the molecule is CC1[C@H](NC(=O)c2ccc(Sc3ccc(C#N)[nH]3)cc2)C2CCN1CC2. The molecule has 5 rings (SSSR count). The van der Waals surface area contributed by atoms with E-state index in [4.69, 9.17) is 5.26 Å². The molecule has 1 unspecified atom stereocenters. The van der Waals surface area contributed by atoms with Crippen LogP contribution < -0.4 is 5.32 Å². The van der Waals surface area contributed by atoms with Crippen LogP contribution in [0.2, 0.25) is 0 Å². The van der Waals surface area contributed by atoms with Crippen LogP contribution in [0, 0.1) is 17.2 Å². The summed E-state index contributed by atoms with van der Waals surface area (Å²) in [6, 6.07) is 14.1. The summed E-state index contributed by atoms with van der Waals surface area (Å²) in [5.41, 5.74) is 1.25. The number of nitrogens with zero attached hydrogens (tertiary/aromatic N) is 2. The van der Waals surface area contributed by atoms with Crippen LogP contribution in [0.5, 0.6) is 0 Å². The molecule has 0 spiro atoms. The minimum absolute atomic E-state index is 0.0128. The Kier molecular flexibility index (Phi) is 4.75. The molecule has 3 aliphatic rings. The first-order valence-electron chi connectivity index (χ1n) is 9.06. The van der Waals surface area contributed by atoms with Crippen molar-refractivity contribution in [2.45, 2.75) is 41.8 Å². The summed E-state index contributed by atoms with van der Waals surface area (Å²) in [4.78, 5) is 19.2. The second kappa shape index (κ2) is 7.18. The number of fused-ring (bicyclic) bond motifs is 3. The quantitative estimate of drug-likeness (QED) is 0.871. The van der Waals surface area contributed by atoms with Crippen LogP contribution in [0.25, 0.3) is 0 Å². The molecule has 1 amide bonds. The highest BCUT2D eigenvalue weighted by Crippen LogP contribution is 2.32. The number of carbonyl (C=O) groups is 1. The summed E-state index contributed by atoms with van der Waals surface area (Å²) in [5.74, 6) is 0.620. The molecule has 0 radical (unpaired) electrons. The number of hydrogen-bond donors (Lipinski definition) is 2. The van der Waals surface area contributed by atoms with Crippen LogP contribution in [0.15, 0.2) is 46.3 Å². The second-order valence-electron chi connectivity index (χ2n) is 7.09. The summed E-state index contributed by atoms with van der Waals surface area (Å²) >= 11 is 1.55. The Bertz CT molecular complexity index is 828. The lowest BCUT2D eigenvalue weighted by Gasteiger charge is -2.49. The zero-order chi connectivity index (χ0) is 18.1. The van der Waals surface area contributed by atoms with Gasteiger partial charge in [-0.1, -0.05) is 11.8 Å². The predicted molar refractivity (Wildman–Crippen MR) is 101 cm³/mol. The minimum Gasteiger partial charge on any atom is -0.347 e. The number of hydrogen-bond acceptors (Lipinski definition) is 4. The maximum Gasteiger partial charge on any atom is 0.251 e. The molecule has 3 fully saturated rings. The lowest BCUT2D eigenvalue weighted by molar-refractivity contribution is 0.0217. The molecule has 2 bridgehead atoms. The second-order valence-corrected chi connectivity index (χ2v) is 8.20. The molecule has 3 saturated heterocycles. The van der Waals surface area contributed by atoms with Crippen LogP contribution in [0.4, 0.5) is 0 Å². The van der Waals surface area contributed by atoms with Gasteiger partial charge in [0.1, 0.15) is 11.8 Å². The van der Waals surface area contributed by atoms with Crippen molar-refractivity contribution in [2.75, 3.05) is 13.1 Å². The van der Waals surface area contributed by atoms with Gasteiger partial charge in [0.05, 0.1) is 5.03 Å². The molecule has 3 aliphatic heterocycles. The summed E-state index contributed by atoms with van der Waals surface area (Å²) < 4.78 is 0. The highest BCUT2D eigenvalue weighted by molar-refractivity contribution is 7.99. The van der Waals surface area contributed by atoms with E-state index in [9.17, 15) is 4.79 Å². The van der Waals surface area contributed by atoms with Gasteiger partial charge in [-0.15, -0.1) is 0 Å². The first kappa shape index (κ1) is 17.2. The molecule has 2 N–H and O–H groups in total. The van der Waals surface area contributed by atoms with E-state index in [1.807, 2.05) is 30.3 Å². The molecule has 134 valence electrons. The van der Waals surface area contributed by atoms with Gasteiger partial charge in [-0.2, -0.15) is 5.26 Å². The maximum atomic E-state index is 12.7. The number of aromatic amines is 1. The number of amides is 1. The van der Waals surface area contributed by atoms with Crippen molar-refractivity contribution in [3.8, 4) is 6.07 Å². The topological polar surface area (TPSA) is 71.9 Å². The fraction of sp³-hybridized carbons (Fsp3) is 0.400. The zero-order valence-corrected chi connectivity index (χ0v) is 15.6. The third kappa shape index (κ3) is 3.37. The van der Waals surface area contributed by atoms with Crippen LogP contribution in [0.3, 0.4) is 0 Å². The molecule has 0 aliphatic carbocycles. The van der Waals surface area contributed by atoms with E-state index in [0.29, 0.717) is 23.2 Å². The van der Waals surface area contributed by atoms with E-state index in [1.165, 1.54) is 12.8 Å². The van der Waals surface area contributed by atoms with Crippen molar-refractivity contribution in [3.05, 3.63) is 47.7 Å². The Morgan fingerprint density at radius 2 is 1.96 bits per heavy atom. The Morgan fingerprint density at radius 3 is 2.58 bits per heavy atom. The smallest absolute Gasteiger partial charge is 0.251 e. The lowest BCUT2D eigenvalue weighted by atomic mass is 9.79. The molecule has 1 aromatic heterocycles. The summed E-state index contributed by atoms with van der Waals surface area (Å²) in [5, 5.41) is 13.1. The number of rotatable bonds is 4. The Hall–Kier alpha value is -2.23. The number of H-pyrrole nitrogens is 1. The summed E-state index contributed by atoms with van der Waals surface area (Å²) in [6.45, 7) is 4.55. The first-order chi connectivity index (χ1) is 12.6. The lowest BCUT2D eigenvalue weighted by Crippen LogP contribution is -2.62. The van der Waals surface area contributed by atoms with Crippen LogP contribution >= 0.6 is 11.8 Å². The maximum absolute atomic E-state index is 12.7. The predicted octanol–water partition coefficient (Wildman–Crippen LogP) is 3.25. The van der Waals surface area contributed by atoms with Gasteiger partial charge in [-0.25, -0.2) is 0 Å². The van der Waals surface area contributed by atoms with Crippen molar-refractivity contribution in [1.29, 1.82) is 5.26 Å². The van der Waals surface area contributed by atoms with Crippen molar-refractivity contribution in [1.82, 2.24) is 15.2 Å². The Morgan fingerprint density at radius 1 is 1.23 bits per heavy atom. The monoisotopic (exact) mass is 366 g/mol. The molecule has 4 heterocycles. The summed E-state index contributed by atoms with van der Waals surface area (Å²) in [6.07, 6.45) is 2.37. The zero-order valence-electron chi connectivity index (χ0n) is 14.7. The molecule has 1 aromatic carbocycles.